The Morgan fingerprint density at radius 3 is 2.50 bits per heavy atom. The number of halogens is 5. The quantitative estimate of drug-likeness (QED) is 0.664. The third kappa shape index (κ3) is 4.53. The van der Waals surface area contributed by atoms with Gasteiger partial charge in [-0.2, -0.15) is 17.5 Å². The molecule has 0 spiro atoms. The second kappa shape index (κ2) is 8.05. The van der Waals surface area contributed by atoms with Crippen molar-refractivity contribution >= 4 is 49.1 Å². The minimum atomic E-state index is -4.76. The number of nitrogens with zero attached hydrogens (tertiary/aromatic N) is 2. The molecule has 0 aliphatic rings. The average molecular weight is 503 g/mol. The lowest BCUT2D eigenvalue weighted by atomic mass is 10.3. The van der Waals surface area contributed by atoms with Crippen LogP contribution in [0.25, 0.3) is 0 Å². The maximum absolute atomic E-state index is 12.9. The SMILES string of the molecule is CC(N(C)S(=O)(=O)c1cn(C)c(C(=O)Nc2cccc(Br)c2)c1Cl)C(F)(F)F. The predicted octanol–water partition coefficient (Wildman–Crippen LogP) is 4.26. The number of carbonyl (C=O) groups is 1. The van der Waals surface area contributed by atoms with Crippen LogP contribution >= 0.6 is 27.5 Å². The molecule has 0 fully saturated rings. The smallest absolute Gasteiger partial charge is 0.344 e. The van der Waals surface area contributed by atoms with Gasteiger partial charge < -0.3 is 9.88 Å². The molecule has 0 aliphatic carbocycles. The molecule has 0 saturated carbocycles. The lowest BCUT2D eigenvalue weighted by molar-refractivity contribution is -0.164. The number of sulfonamides is 1. The van der Waals surface area contributed by atoms with E-state index < -0.39 is 38.1 Å². The maximum Gasteiger partial charge on any atom is 0.404 e. The third-order valence-electron chi connectivity index (χ3n) is 4.06. The van der Waals surface area contributed by atoms with E-state index in [2.05, 4.69) is 21.2 Å². The van der Waals surface area contributed by atoms with Gasteiger partial charge in [0.2, 0.25) is 10.0 Å². The summed E-state index contributed by atoms with van der Waals surface area (Å²) < 4.78 is 66.0. The molecule has 1 aromatic carbocycles. The fraction of sp³-hybridized carbons (Fsp3) is 0.312. The van der Waals surface area contributed by atoms with Crippen molar-refractivity contribution in [2.75, 3.05) is 12.4 Å². The highest BCUT2D eigenvalue weighted by Crippen LogP contribution is 2.33. The summed E-state index contributed by atoms with van der Waals surface area (Å²) in [4.78, 5) is 12.0. The number of aryl methyl sites for hydroxylation is 1. The Kier molecular flexibility index (Phi) is 6.54. The van der Waals surface area contributed by atoms with Gasteiger partial charge >= 0.3 is 6.18 Å². The molecule has 28 heavy (non-hydrogen) atoms. The number of hydrogen-bond donors (Lipinski definition) is 1. The molecule has 0 bridgehead atoms. The van der Waals surface area contributed by atoms with E-state index in [1.165, 1.54) is 7.05 Å². The van der Waals surface area contributed by atoms with Crippen LogP contribution in [0.3, 0.4) is 0 Å². The molecule has 1 N–H and O–H groups in total. The normalized spacial score (nSPS) is 13.6. The first-order valence-electron chi connectivity index (χ1n) is 7.73. The van der Waals surface area contributed by atoms with Gasteiger partial charge in [0.1, 0.15) is 16.6 Å². The number of rotatable bonds is 5. The molecule has 6 nitrogen and oxygen atoms in total. The van der Waals surface area contributed by atoms with Gasteiger partial charge in [-0.05, 0) is 25.1 Å². The van der Waals surface area contributed by atoms with Crippen LogP contribution in [-0.2, 0) is 17.1 Å². The van der Waals surface area contributed by atoms with Gasteiger partial charge in [-0.3, -0.25) is 4.79 Å². The number of benzene rings is 1. The molecular weight excluding hydrogens is 487 g/mol. The number of alkyl halides is 3. The topological polar surface area (TPSA) is 71.4 Å². The van der Waals surface area contributed by atoms with Crippen LogP contribution < -0.4 is 5.32 Å². The highest BCUT2D eigenvalue weighted by Gasteiger charge is 2.44. The maximum atomic E-state index is 12.9. The highest BCUT2D eigenvalue weighted by molar-refractivity contribution is 9.10. The van der Waals surface area contributed by atoms with Crippen molar-refractivity contribution < 1.29 is 26.4 Å². The van der Waals surface area contributed by atoms with E-state index in [0.717, 1.165) is 24.7 Å². The molecule has 2 aromatic rings. The van der Waals surface area contributed by atoms with Crippen molar-refractivity contribution in [3.8, 4) is 0 Å². The first kappa shape index (κ1) is 22.7. The Balaban J connectivity index is 2.41. The molecule has 2 rings (SSSR count). The number of nitrogens with one attached hydrogen (secondary N) is 1. The van der Waals surface area contributed by atoms with E-state index in [4.69, 9.17) is 11.6 Å². The number of carbonyl (C=O) groups excluding carboxylic acids is 1. The summed E-state index contributed by atoms with van der Waals surface area (Å²) in [7, 11) is -2.42. The summed E-state index contributed by atoms with van der Waals surface area (Å²) >= 11 is 9.35. The van der Waals surface area contributed by atoms with Gasteiger partial charge in [0.05, 0.1) is 5.02 Å². The van der Waals surface area contributed by atoms with Crippen molar-refractivity contribution in [2.24, 2.45) is 7.05 Å². The summed E-state index contributed by atoms with van der Waals surface area (Å²) in [5.74, 6) is -0.710. The van der Waals surface area contributed by atoms with Gasteiger partial charge in [-0.1, -0.05) is 33.6 Å². The zero-order chi connectivity index (χ0) is 21.4. The van der Waals surface area contributed by atoms with Gasteiger partial charge in [0.25, 0.3) is 5.91 Å². The molecule has 1 unspecified atom stereocenters. The van der Waals surface area contributed by atoms with Crippen molar-refractivity contribution in [3.05, 3.63) is 45.7 Å². The van der Waals surface area contributed by atoms with Crippen LogP contribution in [0.2, 0.25) is 5.02 Å². The summed E-state index contributed by atoms with van der Waals surface area (Å²) in [6.07, 6.45) is -3.75. The molecule has 1 amide bonds. The summed E-state index contributed by atoms with van der Waals surface area (Å²) in [6, 6.07) is 4.37. The second-order valence-corrected chi connectivity index (χ2v) is 9.23. The predicted molar refractivity (Wildman–Crippen MR) is 103 cm³/mol. The first-order chi connectivity index (χ1) is 12.8. The zero-order valence-corrected chi connectivity index (χ0v) is 18.0. The summed E-state index contributed by atoms with van der Waals surface area (Å²) in [5, 5.41) is 2.10. The third-order valence-corrected chi connectivity index (χ3v) is 6.99. The second-order valence-electron chi connectivity index (χ2n) is 5.97. The van der Waals surface area contributed by atoms with E-state index in [0.29, 0.717) is 10.2 Å². The van der Waals surface area contributed by atoms with Crippen LogP contribution in [-0.4, -0.2) is 42.5 Å². The van der Waals surface area contributed by atoms with Gasteiger partial charge in [0, 0.05) is 30.5 Å². The molecule has 0 radical (unpaired) electrons. The van der Waals surface area contributed by atoms with E-state index in [1.807, 2.05) is 0 Å². The Morgan fingerprint density at radius 1 is 1.36 bits per heavy atom. The standard InChI is InChI=1S/C16H16BrClF3N3O3S/c1-9(16(19,20)21)24(3)28(26,27)12-8-23(2)14(13(12)18)15(25)22-11-6-4-5-10(17)7-11/h4-9H,1-3H3,(H,22,25). The minimum absolute atomic E-state index is 0.171. The Bertz CT molecular complexity index is 1010. The Morgan fingerprint density at radius 2 is 1.96 bits per heavy atom. The molecule has 1 atom stereocenters. The molecule has 12 heteroatoms. The fourth-order valence-electron chi connectivity index (χ4n) is 2.33. The van der Waals surface area contributed by atoms with Crippen LogP contribution in [0.4, 0.5) is 18.9 Å². The Hall–Kier alpha value is -1.56. The van der Waals surface area contributed by atoms with Crippen LogP contribution in [0.1, 0.15) is 17.4 Å². The van der Waals surface area contributed by atoms with E-state index in [9.17, 15) is 26.4 Å². The fourth-order valence-corrected chi connectivity index (χ4v) is 4.75. The van der Waals surface area contributed by atoms with Crippen molar-refractivity contribution in [3.63, 3.8) is 0 Å². The largest absolute Gasteiger partial charge is 0.404 e. The van der Waals surface area contributed by atoms with Crippen LogP contribution in [0.15, 0.2) is 39.8 Å². The molecule has 1 aromatic heterocycles. The molecule has 0 aliphatic heterocycles. The van der Waals surface area contributed by atoms with Crippen molar-refractivity contribution in [1.82, 2.24) is 8.87 Å². The van der Waals surface area contributed by atoms with Crippen LogP contribution in [0, 0.1) is 0 Å². The molecular formula is C16H16BrClF3N3O3S. The number of anilines is 1. The molecule has 0 saturated heterocycles. The molecule has 154 valence electrons. The molecule has 1 heterocycles. The van der Waals surface area contributed by atoms with Crippen LogP contribution in [0.5, 0.6) is 0 Å². The number of amides is 1. The van der Waals surface area contributed by atoms with E-state index in [-0.39, 0.29) is 10.00 Å². The monoisotopic (exact) mass is 501 g/mol. The highest BCUT2D eigenvalue weighted by atomic mass is 79.9. The lowest BCUT2D eigenvalue weighted by Crippen LogP contribution is -2.44. The van der Waals surface area contributed by atoms with Gasteiger partial charge in [-0.15, -0.1) is 0 Å². The summed E-state index contributed by atoms with van der Waals surface area (Å²) in [5.41, 5.74) is 0.220. The van der Waals surface area contributed by atoms with E-state index in [1.54, 1.807) is 24.3 Å². The lowest BCUT2D eigenvalue weighted by Gasteiger charge is -2.25. The number of aromatic nitrogens is 1. The Labute approximate surface area is 173 Å². The average Bonchev–Trinajstić information content (AvgIpc) is 2.87. The van der Waals surface area contributed by atoms with Crippen molar-refractivity contribution in [1.29, 1.82) is 0 Å². The first-order valence-corrected chi connectivity index (χ1v) is 10.3. The number of hydrogen-bond acceptors (Lipinski definition) is 3. The van der Waals surface area contributed by atoms with Gasteiger partial charge in [0.15, 0.2) is 0 Å². The van der Waals surface area contributed by atoms with E-state index >= 15 is 0 Å². The summed E-state index contributed by atoms with van der Waals surface area (Å²) in [6.45, 7) is 0.718. The van der Waals surface area contributed by atoms with Crippen molar-refractivity contribution in [2.45, 2.75) is 24.0 Å². The van der Waals surface area contributed by atoms with Gasteiger partial charge in [-0.25, -0.2) is 8.42 Å². The minimum Gasteiger partial charge on any atom is -0.344 e. The zero-order valence-electron chi connectivity index (χ0n) is 14.9.